The van der Waals surface area contributed by atoms with E-state index >= 15 is 0 Å². The van der Waals surface area contributed by atoms with E-state index in [0.717, 1.165) is 41.2 Å². The Labute approximate surface area is 134 Å². The third-order valence-corrected chi connectivity index (χ3v) is 3.74. The molecule has 0 saturated heterocycles. The smallest absolute Gasteiger partial charge is 0.254 e. The number of hydrogen-bond donors (Lipinski definition) is 1. The molecule has 23 heavy (non-hydrogen) atoms. The van der Waals surface area contributed by atoms with Gasteiger partial charge >= 0.3 is 0 Å². The highest BCUT2D eigenvalue weighted by atomic mass is 16.1. The van der Waals surface area contributed by atoms with Crippen molar-refractivity contribution in [2.45, 2.75) is 33.6 Å². The number of aryl methyl sites for hydroxylation is 2. The van der Waals surface area contributed by atoms with Gasteiger partial charge in [-0.05, 0) is 25.0 Å². The molecule has 3 aromatic rings. The van der Waals surface area contributed by atoms with Gasteiger partial charge in [-0.1, -0.05) is 26.0 Å². The third-order valence-electron chi connectivity index (χ3n) is 3.74. The number of rotatable bonds is 4. The fraction of sp³-hybridized carbons (Fsp3) is 0.294. The SMILES string of the molecule is CCc1nnc2nc(-c3ccc(NC(C)=O)cc3)cn2c1CC. The van der Waals surface area contributed by atoms with Crippen LogP contribution in [0.5, 0.6) is 0 Å². The second kappa shape index (κ2) is 6.16. The first-order chi connectivity index (χ1) is 11.1. The summed E-state index contributed by atoms with van der Waals surface area (Å²) in [4.78, 5) is 15.6. The van der Waals surface area contributed by atoms with Crippen LogP contribution in [-0.4, -0.2) is 25.5 Å². The minimum Gasteiger partial charge on any atom is -0.326 e. The van der Waals surface area contributed by atoms with Crippen LogP contribution in [0.4, 0.5) is 5.69 Å². The zero-order valence-corrected chi connectivity index (χ0v) is 13.5. The maximum atomic E-state index is 11.1. The molecule has 2 heterocycles. The largest absolute Gasteiger partial charge is 0.326 e. The molecule has 0 aliphatic carbocycles. The van der Waals surface area contributed by atoms with Crippen LogP contribution in [0.15, 0.2) is 30.5 Å². The van der Waals surface area contributed by atoms with E-state index in [1.807, 2.05) is 34.9 Å². The number of carbonyl (C=O) groups excluding carboxylic acids is 1. The number of nitrogens with zero attached hydrogens (tertiary/aromatic N) is 4. The second-order valence-electron chi connectivity index (χ2n) is 5.36. The van der Waals surface area contributed by atoms with Crippen molar-refractivity contribution < 1.29 is 4.79 Å². The molecule has 3 rings (SSSR count). The monoisotopic (exact) mass is 309 g/mol. The predicted molar refractivity (Wildman–Crippen MR) is 89.3 cm³/mol. The van der Waals surface area contributed by atoms with Crippen molar-refractivity contribution in [3.05, 3.63) is 41.9 Å². The summed E-state index contributed by atoms with van der Waals surface area (Å²) in [7, 11) is 0. The number of hydrogen-bond acceptors (Lipinski definition) is 4. The molecule has 0 spiro atoms. The van der Waals surface area contributed by atoms with Gasteiger partial charge in [-0.2, -0.15) is 5.10 Å². The zero-order chi connectivity index (χ0) is 16.4. The topological polar surface area (TPSA) is 72.2 Å². The average molecular weight is 309 g/mol. The number of aromatic nitrogens is 4. The molecule has 118 valence electrons. The first-order valence-electron chi connectivity index (χ1n) is 7.74. The van der Waals surface area contributed by atoms with Gasteiger partial charge in [0.15, 0.2) is 0 Å². The van der Waals surface area contributed by atoms with Crippen LogP contribution < -0.4 is 5.32 Å². The lowest BCUT2D eigenvalue weighted by molar-refractivity contribution is -0.114. The number of imidazole rings is 1. The van der Waals surface area contributed by atoms with E-state index < -0.39 is 0 Å². The zero-order valence-electron chi connectivity index (χ0n) is 13.5. The Hall–Kier alpha value is -2.76. The Morgan fingerprint density at radius 2 is 1.87 bits per heavy atom. The molecule has 0 fully saturated rings. The van der Waals surface area contributed by atoms with Crippen molar-refractivity contribution >= 4 is 17.4 Å². The molecule has 1 N–H and O–H groups in total. The minimum absolute atomic E-state index is 0.0829. The van der Waals surface area contributed by atoms with Crippen molar-refractivity contribution in [2.75, 3.05) is 5.32 Å². The predicted octanol–water partition coefficient (Wildman–Crippen LogP) is 2.87. The number of benzene rings is 1. The molecule has 1 amide bonds. The third kappa shape index (κ3) is 2.92. The molecule has 6 heteroatoms. The summed E-state index contributed by atoms with van der Waals surface area (Å²) in [5.41, 5.74) is 4.74. The van der Waals surface area contributed by atoms with Crippen LogP contribution in [0.1, 0.15) is 32.2 Å². The molecule has 2 aromatic heterocycles. The van der Waals surface area contributed by atoms with Crippen molar-refractivity contribution in [1.29, 1.82) is 0 Å². The maximum Gasteiger partial charge on any atom is 0.254 e. The van der Waals surface area contributed by atoms with E-state index in [-0.39, 0.29) is 5.91 Å². The Bertz CT molecular complexity index is 851. The van der Waals surface area contributed by atoms with E-state index in [0.29, 0.717) is 5.78 Å². The molecule has 1 aromatic carbocycles. The molecule has 0 saturated carbocycles. The molecule has 0 unspecified atom stereocenters. The molecule has 0 bridgehead atoms. The van der Waals surface area contributed by atoms with E-state index in [9.17, 15) is 4.79 Å². The lowest BCUT2D eigenvalue weighted by Crippen LogP contribution is -2.05. The highest BCUT2D eigenvalue weighted by Crippen LogP contribution is 2.22. The van der Waals surface area contributed by atoms with Gasteiger partial charge in [0, 0.05) is 30.1 Å². The summed E-state index contributed by atoms with van der Waals surface area (Å²) in [6.07, 6.45) is 3.73. The van der Waals surface area contributed by atoms with Crippen LogP contribution in [-0.2, 0) is 17.6 Å². The van der Waals surface area contributed by atoms with Crippen LogP contribution in [0.2, 0.25) is 0 Å². The highest BCUT2D eigenvalue weighted by molar-refractivity contribution is 5.88. The molecular formula is C17H19N5O. The Morgan fingerprint density at radius 3 is 2.48 bits per heavy atom. The molecule has 0 atom stereocenters. The lowest BCUT2D eigenvalue weighted by atomic mass is 10.1. The van der Waals surface area contributed by atoms with Gasteiger partial charge in [0.25, 0.3) is 5.78 Å². The molecule has 0 aliphatic rings. The van der Waals surface area contributed by atoms with Gasteiger partial charge in [-0.15, -0.1) is 5.10 Å². The minimum atomic E-state index is -0.0829. The van der Waals surface area contributed by atoms with E-state index in [4.69, 9.17) is 0 Å². The number of nitrogens with one attached hydrogen (secondary N) is 1. The first kappa shape index (κ1) is 15.1. The summed E-state index contributed by atoms with van der Waals surface area (Å²) >= 11 is 0. The summed E-state index contributed by atoms with van der Waals surface area (Å²) in [5, 5.41) is 11.2. The van der Waals surface area contributed by atoms with Gasteiger partial charge in [-0.25, -0.2) is 4.98 Å². The number of carbonyl (C=O) groups is 1. The standard InChI is InChI=1S/C17H19N5O/c1-4-14-16(5-2)22-10-15(19-17(22)21-20-14)12-6-8-13(9-7-12)18-11(3)23/h6-10H,4-5H2,1-3H3,(H,18,23). The fourth-order valence-electron chi connectivity index (χ4n) is 2.66. The van der Waals surface area contributed by atoms with E-state index in [1.165, 1.54) is 6.92 Å². The Balaban J connectivity index is 2.01. The second-order valence-corrected chi connectivity index (χ2v) is 5.36. The summed E-state index contributed by atoms with van der Waals surface area (Å²) < 4.78 is 2.02. The number of fused-ring (bicyclic) bond motifs is 1. The first-order valence-corrected chi connectivity index (χ1v) is 7.74. The van der Waals surface area contributed by atoms with Crippen molar-refractivity contribution in [1.82, 2.24) is 19.6 Å². The van der Waals surface area contributed by atoms with E-state index in [1.54, 1.807) is 0 Å². The lowest BCUT2D eigenvalue weighted by Gasteiger charge is -2.05. The van der Waals surface area contributed by atoms with Gasteiger partial charge in [0.1, 0.15) is 0 Å². The van der Waals surface area contributed by atoms with Crippen molar-refractivity contribution in [3.63, 3.8) is 0 Å². The molecular weight excluding hydrogens is 290 g/mol. The van der Waals surface area contributed by atoms with Gasteiger partial charge in [0.05, 0.1) is 11.4 Å². The Morgan fingerprint density at radius 1 is 1.13 bits per heavy atom. The van der Waals surface area contributed by atoms with Crippen LogP contribution >= 0.6 is 0 Å². The summed E-state index contributed by atoms with van der Waals surface area (Å²) in [6, 6.07) is 7.61. The maximum absolute atomic E-state index is 11.1. The number of amides is 1. The van der Waals surface area contributed by atoms with Crippen LogP contribution in [0, 0.1) is 0 Å². The van der Waals surface area contributed by atoms with Crippen LogP contribution in [0.3, 0.4) is 0 Å². The normalized spacial score (nSPS) is 10.9. The summed E-state index contributed by atoms with van der Waals surface area (Å²) in [6.45, 7) is 5.68. The highest BCUT2D eigenvalue weighted by Gasteiger charge is 2.12. The van der Waals surface area contributed by atoms with Gasteiger partial charge in [0.2, 0.25) is 5.91 Å². The fourth-order valence-corrected chi connectivity index (χ4v) is 2.66. The Kier molecular flexibility index (Phi) is 4.06. The molecule has 6 nitrogen and oxygen atoms in total. The average Bonchev–Trinajstić information content (AvgIpc) is 2.98. The number of anilines is 1. The van der Waals surface area contributed by atoms with Gasteiger partial charge < -0.3 is 5.32 Å². The van der Waals surface area contributed by atoms with E-state index in [2.05, 4.69) is 34.3 Å². The van der Waals surface area contributed by atoms with Crippen molar-refractivity contribution in [3.8, 4) is 11.3 Å². The summed E-state index contributed by atoms with van der Waals surface area (Å²) in [5.74, 6) is 0.528. The van der Waals surface area contributed by atoms with Crippen LogP contribution in [0.25, 0.3) is 17.0 Å². The quantitative estimate of drug-likeness (QED) is 0.804. The molecule has 0 aliphatic heterocycles. The van der Waals surface area contributed by atoms with Crippen molar-refractivity contribution in [2.24, 2.45) is 0 Å². The van der Waals surface area contributed by atoms with Gasteiger partial charge in [-0.3, -0.25) is 9.20 Å². The molecule has 0 radical (unpaired) electrons.